The second-order valence-electron chi connectivity index (χ2n) is 8.73. The average Bonchev–Trinajstić information content (AvgIpc) is 3.26. The third kappa shape index (κ3) is 4.61. The molecule has 3 aromatic rings. The molecule has 2 N–H and O–H groups in total. The van der Waals surface area contributed by atoms with Crippen LogP contribution in [0, 0.1) is 0 Å². The molecule has 0 radical (unpaired) electrons. The van der Waals surface area contributed by atoms with Gasteiger partial charge in [0, 0.05) is 76.0 Å². The molecule has 0 saturated carbocycles. The maximum atomic E-state index is 12.5. The normalized spacial score (nSPS) is 16.2. The van der Waals surface area contributed by atoms with Gasteiger partial charge >= 0.3 is 6.03 Å². The van der Waals surface area contributed by atoms with Crippen molar-refractivity contribution < 1.29 is 4.79 Å². The van der Waals surface area contributed by atoms with E-state index in [1.807, 2.05) is 20.5 Å². The van der Waals surface area contributed by atoms with Gasteiger partial charge < -0.3 is 25.3 Å². The van der Waals surface area contributed by atoms with E-state index in [1.54, 1.807) is 0 Å². The first-order chi connectivity index (χ1) is 16.2. The van der Waals surface area contributed by atoms with Gasteiger partial charge in [-0.05, 0) is 42.8 Å². The van der Waals surface area contributed by atoms with Crippen molar-refractivity contribution in [2.45, 2.75) is 13.3 Å². The number of nitrogens with zero attached hydrogens (tertiary/aromatic N) is 5. The van der Waals surface area contributed by atoms with Crippen molar-refractivity contribution in [1.82, 2.24) is 24.7 Å². The Balaban J connectivity index is 1.27. The molecule has 0 atom stereocenters. The highest BCUT2D eigenvalue weighted by molar-refractivity contribution is 5.81. The fourth-order valence-electron chi connectivity index (χ4n) is 4.52. The van der Waals surface area contributed by atoms with E-state index in [2.05, 4.69) is 70.2 Å². The number of piperazine rings is 1. The molecule has 0 bridgehead atoms. The number of benzene rings is 1. The molecule has 0 aliphatic carbocycles. The van der Waals surface area contributed by atoms with E-state index < -0.39 is 0 Å². The van der Waals surface area contributed by atoms with Gasteiger partial charge in [-0.1, -0.05) is 19.1 Å². The Kier molecular flexibility index (Phi) is 6.35. The molecule has 8 heteroatoms. The van der Waals surface area contributed by atoms with E-state index in [-0.39, 0.29) is 6.03 Å². The van der Waals surface area contributed by atoms with Crippen molar-refractivity contribution in [1.29, 1.82) is 0 Å². The zero-order valence-electron chi connectivity index (χ0n) is 19.3. The Hall–Kier alpha value is -3.26. The second kappa shape index (κ2) is 9.70. The molecule has 5 rings (SSSR count). The highest BCUT2D eigenvalue weighted by Crippen LogP contribution is 2.29. The summed E-state index contributed by atoms with van der Waals surface area (Å²) in [4.78, 5) is 18.8. The minimum absolute atomic E-state index is 0.199. The molecule has 2 saturated heterocycles. The largest absolute Gasteiger partial charge is 0.384 e. The predicted molar refractivity (Wildman–Crippen MR) is 133 cm³/mol. The molecule has 2 amide bonds. The lowest BCUT2D eigenvalue weighted by atomic mass is 10.1. The number of hydrogen-bond acceptors (Lipinski definition) is 5. The van der Waals surface area contributed by atoms with Crippen LogP contribution >= 0.6 is 0 Å². The number of urea groups is 1. The molecular formula is C25H33N7O. The van der Waals surface area contributed by atoms with E-state index >= 15 is 0 Å². The second-order valence-corrected chi connectivity index (χ2v) is 8.73. The van der Waals surface area contributed by atoms with Crippen LogP contribution < -0.4 is 15.5 Å². The summed E-state index contributed by atoms with van der Waals surface area (Å²) in [7, 11) is 0. The number of carbonyl (C=O) groups is 1. The summed E-state index contributed by atoms with van der Waals surface area (Å²) < 4.78 is 1.96. The molecule has 2 aromatic heterocycles. The molecule has 4 heterocycles. The third-order valence-electron chi connectivity index (χ3n) is 6.60. The number of hydrogen-bond donors (Lipinski definition) is 2. The van der Waals surface area contributed by atoms with Crippen LogP contribution in [0.25, 0.3) is 16.6 Å². The number of rotatable bonds is 7. The maximum Gasteiger partial charge on any atom is 0.320 e. The Bertz CT molecular complexity index is 1080. The number of likely N-dealkylation sites (tertiary alicyclic amines) is 1. The van der Waals surface area contributed by atoms with Crippen LogP contribution in [-0.4, -0.2) is 84.3 Å². The van der Waals surface area contributed by atoms with Gasteiger partial charge in [0.2, 0.25) is 0 Å². The monoisotopic (exact) mass is 447 g/mol. The average molecular weight is 448 g/mol. The van der Waals surface area contributed by atoms with Gasteiger partial charge in [-0.25, -0.2) is 9.31 Å². The topological polar surface area (TPSA) is 68.2 Å². The van der Waals surface area contributed by atoms with Crippen molar-refractivity contribution in [2.75, 3.05) is 69.1 Å². The number of anilines is 2. The Morgan fingerprint density at radius 2 is 1.70 bits per heavy atom. The number of amides is 2. The quantitative estimate of drug-likeness (QED) is 0.545. The molecule has 1 aromatic carbocycles. The van der Waals surface area contributed by atoms with Crippen molar-refractivity contribution in [3.05, 3.63) is 48.8 Å². The number of likely N-dealkylation sites (N-methyl/N-ethyl adjacent to an activating group) is 1. The van der Waals surface area contributed by atoms with Crippen LogP contribution in [0.2, 0.25) is 0 Å². The number of nitrogens with one attached hydrogen (secondary N) is 2. The summed E-state index contributed by atoms with van der Waals surface area (Å²) in [5, 5.41) is 11.3. The van der Waals surface area contributed by atoms with Crippen LogP contribution in [-0.2, 0) is 0 Å². The SMILES string of the molecule is CCNCCNc1ccc(-c2cc3c(N4CCN(C(=O)N5CCC5)CC4)ccnn3c2)cc1. The molecule has 33 heavy (non-hydrogen) atoms. The molecule has 2 aliphatic rings. The van der Waals surface area contributed by atoms with Crippen molar-refractivity contribution >= 4 is 22.9 Å². The summed E-state index contributed by atoms with van der Waals surface area (Å²) in [6.07, 6.45) is 5.09. The van der Waals surface area contributed by atoms with Crippen molar-refractivity contribution in [3.63, 3.8) is 0 Å². The van der Waals surface area contributed by atoms with Crippen molar-refractivity contribution in [3.8, 4) is 11.1 Å². The van der Waals surface area contributed by atoms with E-state index in [0.29, 0.717) is 0 Å². The van der Waals surface area contributed by atoms with Gasteiger partial charge in [0.1, 0.15) is 0 Å². The molecule has 0 unspecified atom stereocenters. The van der Waals surface area contributed by atoms with Gasteiger partial charge in [0.15, 0.2) is 0 Å². The fourth-order valence-corrected chi connectivity index (χ4v) is 4.52. The van der Waals surface area contributed by atoms with Gasteiger partial charge in [-0.3, -0.25) is 0 Å². The zero-order chi connectivity index (χ0) is 22.6. The molecule has 2 fully saturated rings. The Morgan fingerprint density at radius 1 is 0.939 bits per heavy atom. The van der Waals surface area contributed by atoms with Crippen LogP contribution in [0.3, 0.4) is 0 Å². The van der Waals surface area contributed by atoms with Crippen LogP contribution in [0.1, 0.15) is 13.3 Å². The standard InChI is InChI=1S/C25H33N7O/c1-2-26-10-11-27-22-6-4-20(5-7-22)21-18-24-23(8-9-28-32(24)19-21)29-14-16-31(17-15-29)25(33)30-12-3-13-30/h4-9,18-19,26-27H,2-3,10-17H2,1H3. The first-order valence-electron chi connectivity index (χ1n) is 12.0. The lowest BCUT2D eigenvalue weighted by molar-refractivity contribution is 0.124. The molecular weight excluding hydrogens is 414 g/mol. The Labute approximate surface area is 195 Å². The van der Waals surface area contributed by atoms with E-state index in [1.165, 1.54) is 11.3 Å². The van der Waals surface area contributed by atoms with E-state index in [4.69, 9.17) is 0 Å². The third-order valence-corrected chi connectivity index (χ3v) is 6.60. The number of carbonyl (C=O) groups excluding carboxylic acids is 1. The first-order valence-corrected chi connectivity index (χ1v) is 12.0. The minimum Gasteiger partial charge on any atom is -0.384 e. The molecule has 8 nitrogen and oxygen atoms in total. The predicted octanol–water partition coefficient (Wildman–Crippen LogP) is 2.97. The molecule has 174 valence electrons. The molecule has 2 aliphatic heterocycles. The number of aromatic nitrogens is 2. The van der Waals surface area contributed by atoms with Gasteiger partial charge in [-0.15, -0.1) is 0 Å². The lowest BCUT2D eigenvalue weighted by Crippen LogP contribution is -2.55. The van der Waals surface area contributed by atoms with Crippen LogP contribution in [0.4, 0.5) is 16.2 Å². The van der Waals surface area contributed by atoms with E-state index in [9.17, 15) is 4.79 Å². The smallest absolute Gasteiger partial charge is 0.320 e. The van der Waals surface area contributed by atoms with Gasteiger partial charge in [0.25, 0.3) is 0 Å². The van der Waals surface area contributed by atoms with Crippen LogP contribution in [0.5, 0.6) is 0 Å². The summed E-state index contributed by atoms with van der Waals surface area (Å²) >= 11 is 0. The minimum atomic E-state index is 0.199. The fraction of sp³-hybridized carbons (Fsp3) is 0.440. The summed E-state index contributed by atoms with van der Waals surface area (Å²) in [5.41, 5.74) is 5.73. The molecule has 0 spiro atoms. The van der Waals surface area contributed by atoms with E-state index in [0.717, 1.165) is 82.1 Å². The van der Waals surface area contributed by atoms with Gasteiger partial charge in [0.05, 0.1) is 11.2 Å². The highest BCUT2D eigenvalue weighted by atomic mass is 16.2. The summed E-state index contributed by atoms with van der Waals surface area (Å²) in [5.74, 6) is 0. The highest BCUT2D eigenvalue weighted by Gasteiger charge is 2.28. The zero-order valence-corrected chi connectivity index (χ0v) is 19.3. The van der Waals surface area contributed by atoms with Crippen LogP contribution in [0.15, 0.2) is 48.8 Å². The van der Waals surface area contributed by atoms with Gasteiger partial charge in [-0.2, -0.15) is 5.10 Å². The Morgan fingerprint density at radius 3 is 2.39 bits per heavy atom. The first kappa shape index (κ1) is 21.6. The summed E-state index contributed by atoms with van der Waals surface area (Å²) in [6, 6.07) is 13.1. The number of fused-ring (bicyclic) bond motifs is 1. The summed E-state index contributed by atoms with van der Waals surface area (Å²) in [6.45, 7) is 10.00. The lowest BCUT2D eigenvalue weighted by Gasteiger charge is -2.41. The van der Waals surface area contributed by atoms with Crippen molar-refractivity contribution in [2.24, 2.45) is 0 Å². The maximum absolute atomic E-state index is 12.5.